The lowest BCUT2D eigenvalue weighted by molar-refractivity contribution is 0.183. The second-order valence-corrected chi connectivity index (χ2v) is 8.35. The fraction of sp³-hybridized carbons (Fsp3) is 0.593. The van der Waals surface area contributed by atoms with Gasteiger partial charge in [0.25, 0.3) is 0 Å². The fourth-order valence-electron chi connectivity index (χ4n) is 3.65. The van der Waals surface area contributed by atoms with E-state index in [1.54, 1.807) is 6.20 Å². The minimum Gasteiger partial charge on any atom is -0.489 e. The molecule has 0 spiro atoms. The van der Waals surface area contributed by atoms with Crippen molar-refractivity contribution in [2.75, 3.05) is 6.61 Å². The first-order valence-electron chi connectivity index (χ1n) is 12.0. The first-order chi connectivity index (χ1) is 14.7. The largest absolute Gasteiger partial charge is 0.489 e. The van der Waals surface area contributed by atoms with Crippen LogP contribution in [0.1, 0.15) is 90.0 Å². The van der Waals surface area contributed by atoms with Gasteiger partial charge in [-0.15, -0.1) is 0 Å². The third-order valence-electron chi connectivity index (χ3n) is 5.61. The van der Waals surface area contributed by atoms with Gasteiger partial charge in [0.2, 0.25) is 0 Å². The number of benzene rings is 1. The van der Waals surface area contributed by atoms with Gasteiger partial charge in [-0.25, -0.2) is 4.39 Å². The van der Waals surface area contributed by atoms with Gasteiger partial charge in [0.1, 0.15) is 18.5 Å². The highest BCUT2D eigenvalue weighted by molar-refractivity contribution is 5.59. The van der Waals surface area contributed by atoms with Gasteiger partial charge in [0.05, 0.1) is 11.9 Å². The van der Waals surface area contributed by atoms with Crippen LogP contribution < -0.4 is 4.74 Å². The third kappa shape index (κ3) is 9.73. The number of unbranched alkanes of at least 4 members (excludes halogenated alkanes) is 8. The van der Waals surface area contributed by atoms with Gasteiger partial charge >= 0.3 is 0 Å². The highest BCUT2D eigenvalue weighted by Crippen LogP contribution is 2.21. The second-order valence-electron chi connectivity index (χ2n) is 8.35. The highest BCUT2D eigenvalue weighted by atomic mass is 19.1. The summed E-state index contributed by atoms with van der Waals surface area (Å²) in [7, 11) is 0. The summed E-state index contributed by atoms with van der Waals surface area (Å²) < 4.78 is 19.6. The first kappa shape index (κ1) is 24.4. The summed E-state index contributed by atoms with van der Waals surface area (Å²) in [4.78, 5) is 4.50. The van der Waals surface area contributed by atoms with Crippen LogP contribution in [0.3, 0.4) is 0 Å². The van der Waals surface area contributed by atoms with E-state index in [-0.39, 0.29) is 6.61 Å². The minimum atomic E-state index is -0.902. The molecule has 0 aliphatic heterocycles. The highest BCUT2D eigenvalue weighted by Gasteiger charge is 2.08. The number of ether oxygens (including phenoxy) is 1. The van der Waals surface area contributed by atoms with Gasteiger partial charge < -0.3 is 4.74 Å². The van der Waals surface area contributed by atoms with Crippen molar-refractivity contribution >= 4 is 0 Å². The molecule has 0 amide bonds. The predicted octanol–water partition coefficient (Wildman–Crippen LogP) is 8.34. The quantitative estimate of drug-likeness (QED) is 0.258. The molecule has 0 radical (unpaired) electrons. The van der Waals surface area contributed by atoms with Crippen LogP contribution in [-0.2, 0) is 6.42 Å². The predicted molar refractivity (Wildman–Crippen MR) is 126 cm³/mol. The number of hydrogen-bond acceptors (Lipinski definition) is 2. The number of hydrogen-bond donors (Lipinski definition) is 0. The van der Waals surface area contributed by atoms with Gasteiger partial charge in [-0.1, -0.05) is 95.9 Å². The van der Waals surface area contributed by atoms with Gasteiger partial charge in [0.15, 0.2) is 0 Å². The van der Waals surface area contributed by atoms with Crippen molar-refractivity contribution in [3.63, 3.8) is 0 Å². The molecule has 1 heterocycles. The molecule has 1 atom stereocenters. The Kier molecular flexibility index (Phi) is 12.2. The average Bonchev–Trinajstić information content (AvgIpc) is 2.78. The lowest BCUT2D eigenvalue weighted by atomic mass is 10.0. The minimum absolute atomic E-state index is 0.113. The normalized spacial score (nSPS) is 12.1. The van der Waals surface area contributed by atoms with Crippen LogP contribution in [-0.4, -0.2) is 17.8 Å². The number of aryl methyl sites for hydroxylation is 1. The molecule has 0 saturated heterocycles. The van der Waals surface area contributed by atoms with Crippen molar-refractivity contribution in [2.24, 2.45) is 0 Å². The second kappa shape index (κ2) is 15.0. The number of alkyl halides is 1. The molecule has 2 nitrogen and oxygen atoms in total. The molecular formula is C27H40FNO. The molecule has 1 aromatic carbocycles. The molecule has 0 aliphatic carbocycles. The Hall–Kier alpha value is -1.90. The van der Waals surface area contributed by atoms with Crippen LogP contribution in [0.5, 0.6) is 5.75 Å². The molecule has 0 bridgehead atoms. The summed E-state index contributed by atoms with van der Waals surface area (Å²) in [5.74, 6) is 0.635. The van der Waals surface area contributed by atoms with Gasteiger partial charge in [-0.05, 0) is 37.0 Å². The summed E-state index contributed by atoms with van der Waals surface area (Å²) in [6.45, 7) is 4.55. The Bertz CT molecular complexity index is 668. The van der Waals surface area contributed by atoms with E-state index in [1.807, 2.05) is 12.1 Å². The van der Waals surface area contributed by atoms with Crippen molar-refractivity contribution in [1.82, 2.24) is 4.98 Å². The Morgan fingerprint density at radius 2 is 1.47 bits per heavy atom. The first-order valence-corrected chi connectivity index (χ1v) is 12.0. The molecular weight excluding hydrogens is 373 g/mol. The monoisotopic (exact) mass is 413 g/mol. The van der Waals surface area contributed by atoms with Gasteiger partial charge in [-0.3, -0.25) is 4.98 Å². The molecule has 30 heavy (non-hydrogen) atoms. The van der Waals surface area contributed by atoms with Crippen LogP contribution in [0.2, 0.25) is 0 Å². The van der Waals surface area contributed by atoms with E-state index in [2.05, 4.69) is 43.1 Å². The molecule has 1 aromatic heterocycles. The van der Waals surface area contributed by atoms with E-state index < -0.39 is 6.17 Å². The van der Waals surface area contributed by atoms with Crippen LogP contribution >= 0.6 is 0 Å². The van der Waals surface area contributed by atoms with E-state index in [0.29, 0.717) is 12.2 Å². The zero-order valence-corrected chi connectivity index (χ0v) is 19.0. The lowest BCUT2D eigenvalue weighted by Crippen LogP contribution is -2.12. The fourth-order valence-corrected chi connectivity index (χ4v) is 3.65. The zero-order chi connectivity index (χ0) is 21.4. The molecule has 166 valence electrons. The van der Waals surface area contributed by atoms with E-state index in [0.717, 1.165) is 30.5 Å². The number of halogens is 1. The maximum absolute atomic E-state index is 14.0. The van der Waals surface area contributed by atoms with E-state index in [1.165, 1.54) is 56.9 Å². The maximum Gasteiger partial charge on any atom is 0.137 e. The smallest absolute Gasteiger partial charge is 0.137 e. The molecule has 0 N–H and O–H groups in total. The molecule has 0 fully saturated rings. The van der Waals surface area contributed by atoms with Crippen molar-refractivity contribution in [2.45, 2.75) is 97.1 Å². The van der Waals surface area contributed by atoms with Crippen molar-refractivity contribution in [3.8, 4) is 17.0 Å². The van der Waals surface area contributed by atoms with Crippen LogP contribution in [0.15, 0.2) is 42.6 Å². The van der Waals surface area contributed by atoms with Crippen molar-refractivity contribution in [1.29, 1.82) is 0 Å². The Morgan fingerprint density at radius 1 is 0.800 bits per heavy atom. The molecule has 0 aliphatic rings. The van der Waals surface area contributed by atoms with Crippen LogP contribution in [0.25, 0.3) is 11.3 Å². The summed E-state index contributed by atoms with van der Waals surface area (Å²) in [5, 5.41) is 0. The van der Waals surface area contributed by atoms with E-state index in [9.17, 15) is 4.39 Å². The summed E-state index contributed by atoms with van der Waals surface area (Å²) in [6, 6.07) is 12.5. The van der Waals surface area contributed by atoms with E-state index >= 15 is 0 Å². The number of rotatable bonds is 16. The molecule has 0 saturated carbocycles. The summed E-state index contributed by atoms with van der Waals surface area (Å²) in [6.07, 6.45) is 14.8. The third-order valence-corrected chi connectivity index (χ3v) is 5.61. The standard InChI is InChI=1S/C27H40FNO/c1-3-5-7-9-11-13-23-15-17-24(18-16-23)27-20-19-26(21-29-27)30-22-25(28)14-12-10-8-6-4-2/h15-21,25H,3-14,22H2,1-2H3. The topological polar surface area (TPSA) is 22.1 Å². The number of aromatic nitrogens is 1. The number of pyridine rings is 1. The lowest BCUT2D eigenvalue weighted by Gasteiger charge is -2.11. The van der Waals surface area contributed by atoms with E-state index in [4.69, 9.17) is 4.74 Å². The summed E-state index contributed by atoms with van der Waals surface area (Å²) in [5.41, 5.74) is 3.41. The molecule has 3 heteroatoms. The van der Waals surface area contributed by atoms with Gasteiger partial charge in [-0.2, -0.15) is 0 Å². The molecule has 2 aromatic rings. The van der Waals surface area contributed by atoms with Gasteiger partial charge in [0, 0.05) is 5.56 Å². The van der Waals surface area contributed by atoms with Crippen LogP contribution in [0, 0.1) is 0 Å². The molecule has 2 rings (SSSR count). The maximum atomic E-state index is 14.0. The summed E-state index contributed by atoms with van der Waals surface area (Å²) >= 11 is 0. The SMILES string of the molecule is CCCCCCCc1ccc(-c2ccc(OCC(F)CCCCCCC)cn2)cc1. The Labute approximate surface area is 183 Å². The average molecular weight is 414 g/mol. The molecule has 1 unspecified atom stereocenters. The Balaban J connectivity index is 1.71. The number of nitrogens with zero attached hydrogens (tertiary/aromatic N) is 1. The van der Waals surface area contributed by atoms with Crippen LogP contribution in [0.4, 0.5) is 4.39 Å². The van der Waals surface area contributed by atoms with Crippen molar-refractivity contribution < 1.29 is 9.13 Å². The Morgan fingerprint density at radius 3 is 2.10 bits per heavy atom. The zero-order valence-electron chi connectivity index (χ0n) is 19.0. The van der Waals surface area contributed by atoms with Crippen molar-refractivity contribution in [3.05, 3.63) is 48.2 Å².